The summed E-state index contributed by atoms with van der Waals surface area (Å²) in [7, 11) is 0. The summed E-state index contributed by atoms with van der Waals surface area (Å²) in [6, 6.07) is 14.9. The van der Waals surface area contributed by atoms with Crippen LogP contribution >= 0.6 is 0 Å². The van der Waals surface area contributed by atoms with Crippen molar-refractivity contribution in [2.75, 3.05) is 23.3 Å². The average molecular weight is 390 g/mol. The maximum Gasteiger partial charge on any atom is 0.321 e. The first-order chi connectivity index (χ1) is 14.3. The number of amides is 2. The summed E-state index contributed by atoms with van der Waals surface area (Å²) in [5, 5.41) is 5.91. The standard InChI is InChI=1S/C21H22N6O2/c28-20(26-17-9-14-27(15-10-17)19-4-1-2-11-22-19)25-16-5-7-18(8-6-16)29-21-23-12-3-13-24-21/h1-8,11-13,17H,9-10,14-15H2,(H2,25,26,28). The lowest BCUT2D eigenvalue weighted by Crippen LogP contribution is -2.46. The zero-order chi connectivity index (χ0) is 19.9. The lowest BCUT2D eigenvalue weighted by molar-refractivity contribution is 0.246. The molecule has 0 saturated carbocycles. The second-order valence-electron chi connectivity index (χ2n) is 6.71. The van der Waals surface area contributed by atoms with E-state index in [1.54, 1.807) is 48.9 Å². The third-order valence-electron chi connectivity index (χ3n) is 4.67. The number of hydrogen-bond donors (Lipinski definition) is 2. The van der Waals surface area contributed by atoms with E-state index < -0.39 is 0 Å². The van der Waals surface area contributed by atoms with Crippen molar-refractivity contribution in [1.29, 1.82) is 0 Å². The Kier molecular flexibility index (Phi) is 5.80. The zero-order valence-corrected chi connectivity index (χ0v) is 15.9. The molecule has 1 fully saturated rings. The molecule has 2 amide bonds. The fourth-order valence-corrected chi connectivity index (χ4v) is 3.20. The van der Waals surface area contributed by atoms with Gasteiger partial charge in [0, 0.05) is 43.4 Å². The second-order valence-corrected chi connectivity index (χ2v) is 6.71. The van der Waals surface area contributed by atoms with Crippen LogP contribution in [0.1, 0.15) is 12.8 Å². The molecule has 3 heterocycles. The number of urea groups is 1. The van der Waals surface area contributed by atoms with Crippen molar-refractivity contribution in [2.24, 2.45) is 0 Å². The maximum atomic E-state index is 12.3. The molecule has 0 bridgehead atoms. The molecule has 1 aromatic carbocycles. The number of carbonyl (C=O) groups excluding carboxylic acids is 1. The highest BCUT2D eigenvalue weighted by Gasteiger charge is 2.21. The molecule has 1 saturated heterocycles. The lowest BCUT2D eigenvalue weighted by Gasteiger charge is -2.33. The maximum absolute atomic E-state index is 12.3. The fraction of sp³-hybridized carbons (Fsp3) is 0.238. The van der Waals surface area contributed by atoms with Gasteiger partial charge in [0.05, 0.1) is 0 Å². The van der Waals surface area contributed by atoms with Crippen molar-refractivity contribution in [3.8, 4) is 11.8 Å². The predicted molar refractivity (Wildman–Crippen MR) is 110 cm³/mol. The van der Waals surface area contributed by atoms with Gasteiger partial charge >= 0.3 is 12.0 Å². The van der Waals surface area contributed by atoms with Gasteiger partial charge in [0.2, 0.25) is 0 Å². The van der Waals surface area contributed by atoms with Crippen LogP contribution in [0.3, 0.4) is 0 Å². The minimum Gasteiger partial charge on any atom is -0.424 e. The molecule has 0 radical (unpaired) electrons. The zero-order valence-electron chi connectivity index (χ0n) is 15.9. The number of piperidine rings is 1. The molecule has 0 aliphatic carbocycles. The van der Waals surface area contributed by atoms with Gasteiger partial charge in [0.1, 0.15) is 11.6 Å². The van der Waals surface area contributed by atoms with Crippen molar-refractivity contribution < 1.29 is 9.53 Å². The smallest absolute Gasteiger partial charge is 0.321 e. The fourth-order valence-electron chi connectivity index (χ4n) is 3.20. The topological polar surface area (TPSA) is 92.3 Å². The quantitative estimate of drug-likeness (QED) is 0.693. The Bertz CT molecular complexity index is 913. The predicted octanol–water partition coefficient (Wildman–Crippen LogP) is 3.45. The molecule has 2 aromatic heterocycles. The number of rotatable bonds is 5. The summed E-state index contributed by atoms with van der Waals surface area (Å²) < 4.78 is 5.55. The minimum atomic E-state index is -0.207. The first kappa shape index (κ1) is 18.7. The van der Waals surface area contributed by atoms with Crippen molar-refractivity contribution in [3.05, 3.63) is 67.1 Å². The van der Waals surface area contributed by atoms with Gasteiger partial charge in [-0.1, -0.05) is 6.07 Å². The lowest BCUT2D eigenvalue weighted by atomic mass is 10.1. The highest BCUT2D eigenvalue weighted by molar-refractivity contribution is 5.89. The number of hydrogen-bond acceptors (Lipinski definition) is 6. The van der Waals surface area contributed by atoms with Gasteiger partial charge in [0.25, 0.3) is 0 Å². The van der Waals surface area contributed by atoms with Gasteiger partial charge in [-0.2, -0.15) is 0 Å². The van der Waals surface area contributed by atoms with Gasteiger partial charge in [-0.25, -0.2) is 19.7 Å². The van der Waals surface area contributed by atoms with Gasteiger partial charge in [-0.3, -0.25) is 0 Å². The summed E-state index contributed by atoms with van der Waals surface area (Å²) in [4.78, 5) is 27.0. The molecule has 8 nitrogen and oxygen atoms in total. The highest BCUT2D eigenvalue weighted by Crippen LogP contribution is 2.20. The van der Waals surface area contributed by atoms with E-state index in [1.165, 1.54) is 0 Å². The van der Waals surface area contributed by atoms with E-state index in [2.05, 4.69) is 30.5 Å². The molecule has 1 aliphatic rings. The number of anilines is 2. The molecule has 0 atom stereocenters. The molecule has 0 spiro atoms. The van der Waals surface area contributed by atoms with E-state index in [9.17, 15) is 4.79 Å². The Morgan fingerprint density at radius 1 is 0.931 bits per heavy atom. The molecule has 0 unspecified atom stereocenters. The van der Waals surface area contributed by atoms with Crippen molar-refractivity contribution in [2.45, 2.75) is 18.9 Å². The number of pyridine rings is 1. The van der Waals surface area contributed by atoms with Crippen LogP contribution in [0, 0.1) is 0 Å². The first-order valence-corrected chi connectivity index (χ1v) is 9.55. The number of carbonyl (C=O) groups is 1. The van der Waals surface area contributed by atoms with E-state index >= 15 is 0 Å². The molecular weight excluding hydrogens is 368 g/mol. The van der Waals surface area contributed by atoms with Crippen LogP contribution in [-0.2, 0) is 0 Å². The van der Waals surface area contributed by atoms with Gasteiger partial charge in [-0.05, 0) is 55.3 Å². The molecule has 3 aromatic rings. The van der Waals surface area contributed by atoms with E-state index in [-0.39, 0.29) is 18.1 Å². The first-order valence-electron chi connectivity index (χ1n) is 9.55. The van der Waals surface area contributed by atoms with Gasteiger partial charge < -0.3 is 20.3 Å². The van der Waals surface area contributed by atoms with Crippen molar-refractivity contribution in [1.82, 2.24) is 20.3 Å². The number of benzene rings is 1. The second kappa shape index (κ2) is 9.01. The van der Waals surface area contributed by atoms with Crippen LogP contribution in [0.4, 0.5) is 16.3 Å². The molecule has 4 rings (SSSR count). The Morgan fingerprint density at radius 3 is 2.34 bits per heavy atom. The normalized spacial score (nSPS) is 14.3. The summed E-state index contributed by atoms with van der Waals surface area (Å²) >= 11 is 0. The molecule has 148 valence electrons. The van der Waals surface area contributed by atoms with Crippen LogP contribution in [0.5, 0.6) is 11.8 Å². The Labute approximate surface area is 169 Å². The summed E-state index contributed by atoms with van der Waals surface area (Å²) in [5.41, 5.74) is 0.690. The Hall–Kier alpha value is -3.68. The SMILES string of the molecule is O=C(Nc1ccc(Oc2ncccn2)cc1)NC1CCN(c2ccccn2)CC1. The summed E-state index contributed by atoms with van der Waals surface area (Å²) in [5.74, 6) is 1.59. The van der Waals surface area contributed by atoms with E-state index in [4.69, 9.17) is 4.74 Å². The van der Waals surface area contributed by atoms with Crippen LogP contribution in [0.2, 0.25) is 0 Å². The highest BCUT2D eigenvalue weighted by atomic mass is 16.5. The number of nitrogens with zero attached hydrogens (tertiary/aromatic N) is 4. The molecule has 29 heavy (non-hydrogen) atoms. The third kappa shape index (κ3) is 5.19. The van der Waals surface area contributed by atoms with Crippen LogP contribution in [-0.4, -0.2) is 40.1 Å². The van der Waals surface area contributed by atoms with Crippen LogP contribution in [0.15, 0.2) is 67.1 Å². The minimum absolute atomic E-state index is 0.146. The summed E-state index contributed by atoms with van der Waals surface area (Å²) in [6.45, 7) is 1.74. The van der Waals surface area contributed by atoms with Crippen molar-refractivity contribution in [3.63, 3.8) is 0 Å². The monoisotopic (exact) mass is 390 g/mol. The third-order valence-corrected chi connectivity index (χ3v) is 4.67. The number of nitrogens with one attached hydrogen (secondary N) is 2. The summed E-state index contributed by atoms with van der Waals surface area (Å²) in [6.07, 6.45) is 6.80. The number of ether oxygens (including phenoxy) is 1. The van der Waals surface area contributed by atoms with Crippen LogP contribution in [0.25, 0.3) is 0 Å². The molecule has 1 aliphatic heterocycles. The molecule has 2 N–H and O–H groups in total. The van der Waals surface area contributed by atoms with Crippen LogP contribution < -0.4 is 20.3 Å². The number of aromatic nitrogens is 3. The van der Waals surface area contributed by atoms with Gasteiger partial charge in [0.15, 0.2) is 0 Å². The largest absolute Gasteiger partial charge is 0.424 e. The Balaban J connectivity index is 1.24. The van der Waals surface area contributed by atoms with E-state index in [0.717, 1.165) is 31.7 Å². The van der Waals surface area contributed by atoms with Gasteiger partial charge in [-0.15, -0.1) is 0 Å². The van der Waals surface area contributed by atoms with E-state index in [0.29, 0.717) is 11.4 Å². The van der Waals surface area contributed by atoms with E-state index in [1.807, 2.05) is 18.2 Å². The molecule has 8 heteroatoms. The average Bonchev–Trinajstić information content (AvgIpc) is 2.77. The van der Waals surface area contributed by atoms with Crippen molar-refractivity contribution >= 4 is 17.5 Å². The molecular formula is C21H22N6O2. The Morgan fingerprint density at radius 2 is 1.66 bits per heavy atom.